The van der Waals surface area contributed by atoms with Crippen LogP contribution in [0, 0.1) is 0 Å². The highest BCUT2D eigenvalue weighted by atomic mass is 32.2. The zero-order valence-electron chi connectivity index (χ0n) is 12.2. The second kappa shape index (κ2) is 6.58. The molecule has 5 nitrogen and oxygen atoms in total. The zero-order valence-corrected chi connectivity index (χ0v) is 13.1. The summed E-state index contributed by atoms with van der Waals surface area (Å²) in [7, 11) is 1.70. The Hall–Kier alpha value is -1.40. The predicted octanol–water partition coefficient (Wildman–Crippen LogP) is 1.01. The van der Waals surface area contributed by atoms with E-state index in [1.807, 2.05) is 23.1 Å². The Bertz CT molecular complexity index is 497. The van der Waals surface area contributed by atoms with Gasteiger partial charge in [0.25, 0.3) is 0 Å². The number of carbonyl (C=O) groups is 1. The molecule has 1 amide bonds. The number of carbonyl (C=O) groups excluding carboxylic acids is 1. The zero-order chi connectivity index (χ0) is 14.7. The lowest BCUT2D eigenvalue weighted by atomic mass is 10.2. The first-order valence-corrected chi connectivity index (χ1v) is 8.43. The van der Waals surface area contributed by atoms with Crippen LogP contribution in [-0.4, -0.2) is 61.8 Å². The minimum atomic E-state index is 0.00723. The van der Waals surface area contributed by atoms with Crippen LogP contribution in [0.2, 0.25) is 0 Å². The molecule has 2 aliphatic rings. The van der Waals surface area contributed by atoms with E-state index >= 15 is 0 Å². The number of hydrogen-bond acceptors (Lipinski definition) is 5. The molecule has 1 aromatic rings. The number of piperazine rings is 1. The maximum atomic E-state index is 12.4. The van der Waals surface area contributed by atoms with Crippen LogP contribution in [0.4, 0.5) is 5.69 Å². The lowest BCUT2D eigenvalue weighted by Crippen LogP contribution is -2.53. The van der Waals surface area contributed by atoms with Gasteiger partial charge in [-0.05, 0) is 12.1 Å². The van der Waals surface area contributed by atoms with Gasteiger partial charge in [0.05, 0.1) is 18.8 Å². The molecular weight excluding hydrogens is 286 g/mol. The van der Waals surface area contributed by atoms with E-state index < -0.39 is 0 Å². The maximum Gasteiger partial charge on any atom is 0.240 e. The fourth-order valence-electron chi connectivity index (χ4n) is 2.83. The van der Waals surface area contributed by atoms with Crippen LogP contribution in [0.15, 0.2) is 24.3 Å². The standard InChI is InChI=1S/C15H21N3O2S/c1-20-14-5-3-2-4-13(14)17-6-8-18(9-7-17)15(19)12-10-21-11-16-12/h2-5,12,16H,6-11H2,1H3/t12-/m0/s1. The molecule has 2 fully saturated rings. The van der Waals surface area contributed by atoms with Crippen molar-refractivity contribution < 1.29 is 9.53 Å². The third-order valence-corrected chi connectivity index (χ3v) is 4.97. The van der Waals surface area contributed by atoms with E-state index in [-0.39, 0.29) is 11.9 Å². The molecule has 1 N–H and O–H groups in total. The molecule has 1 aromatic carbocycles. The molecule has 0 aliphatic carbocycles. The smallest absolute Gasteiger partial charge is 0.240 e. The molecule has 6 heteroatoms. The normalized spacial score (nSPS) is 22.4. The Morgan fingerprint density at radius 1 is 1.29 bits per heavy atom. The molecule has 0 bridgehead atoms. The molecule has 2 aliphatic heterocycles. The van der Waals surface area contributed by atoms with E-state index in [0.717, 1.165) is 49.2 Å². The van der Waals surface area contributed by atoms with Crippen molar-refractivity contribution in [3.63, 3.8) is 0 Å². The van der Waals surface area contributed by atoms with Crippen LogP contribution < -0.4 is 15.0 Å². The Kier molecular flexibility index (Phi) is 4.55. The lowest BCUT2D eigenvalue weighted by Gasteiger charge is -2.37. The molecular formula is C15H21N3O2S. The number of hydrogen-bond donors (Lipinski definition) is 1. The highest BCUT2D eigenvalue weighted by Gasteiger charge is 2.29. The van der Waals surface area contributed by atoms with E-state index in [2.05, 4.69) is 16.3 Å². The molecule has 1 atom stereocenters. The van der Waals surface area contributed by atoms with E-state index in [4.69, 9.17) is 4.74 Å². The van der Waals surface area contributed by atoms with E-state index in [9.17, 15) is 4.79 Å². The van der Waals surface area contributed by atoms with Crippen LogP contribution in [0.1, 0.15) is 0 Å². The summed E-state index contributed by atoms with van der Waals surface area (Å²) in [6.07, 6.45) is 0. The summed E-state index contributed by atoms with van der Waals surface area (Å²) in [5.74, 6) is 2.93. The monoisotopic (exact) mass is 307 g/mol. The first kappa shape index (κ1) is 14.5. The first-order chi connectivity index (χ1) is 10.3. The molecule has 2 saturated heterocycles. The summed E-state index contributed by atoms with van der Waals surface area (Å²) in [4.78, 5) is 16.6. The number of nitrogens with zero attached hydrogens (tertiary/aromatic N) is 2. The number of benzene rings is 1. The fraction of sp³-hybridized carbons (Fsp3) is 0.533. The van der Waals surface area contributed by atoms with Gasteiger partial charge in [-0.1, -0.05) is 12.1 Å². The summed E-state index contributed by atoms with van der Waals surface area (Å²) in [5, 5.41) is 3.25. The third-order valence-electron chi connectivity index (χ3n) is 4.03. The average molecular weight is 307 g/mol. The predicted molar refractivity (Wildman–Crippen MR) is 86.0 cm³/mol. The van der Waals surface area contributed by atoms with Crippen molar-refractivity contribution in [1.29, 1.82) is 0 Å². The largest absolute Gasteiger partial charge is 0.495 e. The van der Waals surface area contributed by atoms with Gasteiger partial charge in [0.15, 0.2) is 0 Å². The van der Waals surface area contributed by atoms with Crippen LogP contribution in [-0.2, 0) is 4.79 Å². The molecule has 21 heavy (non-hydrogen) atoms. The van der Waals surface area contributed by atoms with Gasteiger partial charge in [0, 0.05) is 37.8 Å². The second-order valence-corrected chi connectivity index (χ2v) is 6.29. The highest BCUT2D eigenvalue weighted by Crippen LogP contribution is 2.28. The van der Waals surface area contributed by atoms with Gasteiger partial charge in [0.1, 0.15) is 5.75 Å². The summed E-state index contributed by atoms with van der Waals surface area (Å²) in [6, 6.07) is 8.06. The Labute approximate surface area is 129 Å². The topological polar surface area (TPSA) is 44.8 Å². The fourth-order valence-corrected chi connectivity index (χ4v) is 3.77. The van der Waals surface area contributed by atoms with Crippen LogP contribution in [0.3, 0.4) is 0 Å². The van der Waals surface area contributed by atoms with Crippen molar-refractivity contribution in [1.82, 2.24) is 10.2 Å². The molecule has 0 radical (unpaired) electrons. The quantitative estimate of drug-likeness (QED) is 0.903. The van der Waals surface area contributed by atoms with Crippen molar-refractivity contribution in [2.45, 2.75) is 6.04 Å². The minimum Gasteiger partial charge on any atom is -0.495 e. The number of amides is 1. The van der Waals surface area contributed by atoms with Gasteiger partial charge in [0.2, 0.25) is 5.91 Å². The number of ether oxygens (including phenoxy) is 1. The second-order valence-electron chi connectivity index (χ2n) is 5.26. The summed E-state index contributed by atoms with van der Waals surface area (Å²) >= 11 is 1.79. The Morgan fingerprint density at radius 2 is 2.05 bits per heavy atom. The number of para-hydroxylation sites is 2. The molecule has 0 unspecified atom stereocenters. The Balaban J connectivity index is 1.61. The van der Waals surface area contributed by atoms with Gasteiger partial charge < -0.3 is 14.5 Å². The highest BCUT2D eigenvalue weighted by molar-refractivity contribution is 7.99. The van der Waals surface area contributed by atoms with Crippen molar-refractivity contribution in [2.75, 3.05) is 49.8 Å². The van der Waals surface area contributed by atoms with Gasteiger partial charge in [-0.2, -0.15) is 0 Å². The maximum absolute atomic E-state index is 12.4. The molecule has 0 saturated carbocycles. The number of anilines is 1. The molecule has 2 heterocycles. The van der Waals surface area contributed by atoms with Crippen molar-refractivity contribution >= 4 is 23.4 Å². The number of thioether (sulfide) groups is 1. The van der Waals surface area contributed by atoms with E-state index in [1.54, 1.807) is 18.9 Å². The SMILES string of the molecule is COc1ccccc1N1CCN(C(=O)[C@@H]2CSCN2)CC1. The van der Waals surface area contributed by atoms with Crippen LogP contribution in [0.25, 0.3) is 0 Å². The van der Waals surface area contributed by atoms with Gasteiger partial charge >= 0.3 is 0 Å². The van der Waals surface area contributed by atoms with E-state index in [1.165, 1.54) is 0 Å². The minimum absolute atomic E-state index is 0.00723. The van der Waals surface area contributed by atoms with Gasteiger partial charge in [-0.15, -0.1) is 11.8 Å². The summed E-state index contributed by atoms with van der Waals surface area (Å²) in [6.45, 7) is 3.26. The molecule has 114 valence electrons. The van der Waals surface area contributed by atoms with Crippen molar-refractivity contribution in [3.05, 3.63) is 24.3 Å². The molecule has 0 aromatic heterocycles. The van der Waals surface area contributed by atoms with Gasteiger partial charge in [-0.3, -0.25) is 10.1 Å². The number of methoxy groups -OCH3 is 1. The summed E-state index contributed by atoms with van der Waals surface area (Å²) < 4.78 is 5.42. The average Bonchev–Trinajstić information content (AvgIpc) is 3.09. The summed E-state index contributed by atoms with van der Waals surface area (Å²) in [5.41, 5.74) is 1.11. The third kappa shape index (κ3) is 3.11. The lowest BCUT2D eigenvalue weighted by molar-refractivity contribution is -0.132. The van der Waals surface area contributed by atoms with Crippen molar-refractivity contribution in [2.24, 2.45) is 0 Å². The first-order valence-electron chi connectivity index (χ1n) is 7.27. The van der Waals surface area contributed by atoms with Crippen molar-refractivity contribution in [3.8, 4) is 5.75 Å². The van der Waals surface area contributed by atoms with E-state index in [0.29, 0.717) is 0 Å². The van der Waals surface area contributed by atoms with Crippen LogP contribution in [0.5, 0.6) is 5.75 Å². The van der Waals surface area contributed by atoms with Crippen LogP contribution >= 0.6 is 11.8 Å². The number of rotatable bonds is 3. The van der Waals surface area contributed by atoms with Gasteiger partial charge in [-0.25, -0.2) is 0 Å². The molecule has 3 rings (SSSR count). The molecule has 0 spiro atoms. The Morgan fingerprint density at radius 3 is 2.71 bits per heavy atom. The number of nitrogens with one attached hydrogen (secondary N) is 1.